The highest BCUT2D eigenvalue weighted by Crippen LogP contribution is 2.19. The number of pyridine rings is 1. The summed E-state index contributed by atoms with van der Waals surface area (Å²) >= 11 is 1.90. The third-order valence-corrected chi connectivity index (χ3v) is 3.67. The van der Waals surface area contributed by atoms with Gasteiger partial charge in [-0.1, -0.05) is 6.92 Å². The maximum absolute atomic E-state index is 12.1. The van der Waals surface area contributed by atoms with Gasteiger partial charge >= 0.3 is 0 Å². The molecule has 1 fully saturated rings. The molecule has 1 unspecified atom stereocenters. The van der Waals surface area contributed by atoms with Crippen LogP contribution in [0, 0.1) is 0 Å². The van der Waals surface area contributed by atoms with Gasteiger partial charge in [-0.05, 0) is 12.1 Å². The molecule has 1 aromatic rings. The van der Waals surface area contributed by atoms with Crippen LogP contribution in [0.2, 0.25) is 0 Å². The van der Waals surface area contributed by atoms with Gasteiger partial charge < -0.3 is 10.6 Å². The Kier molecular flexibility index (Phi) is 3.33. The predicted molar refractivity (Wildman–Crippen MR) is 66.5 cm³/mol. The number of hydrogen-bond acceptors (Lipinski definition) is 4. The van der Waals surface area contributed by atoms with Crippen LogP contribution in [-0.2, 0) is 0 Å². The zero-order valence-corrected chi connectivity index (χ0v) is 10.0. The second kappa shape index (κ2) is 4.74. The standard InChI is InChI=1S/C11H15N3OS/c1-8-7-14(4-5-16-8)11(15)10-6-9(12)2-3-13-10/h2-3,6,8H,4-5,7H2,1H3,(H2,12,13). The maximum Gasteiger partial charge on any atom is 0.272 e. The molecular weight excluding hydrogens is 222 g/mol. The third kappa shape index (κ3) is 2.47. The van der Waals surface area contributed by atoms with Gasteiger partial charge in [-0.2, -0.15) is 11.8 Å². The van der Waals surface area contributed by atoms with Gasteiger partial charge in [0.05, 0.1) is 0 Å². The summed E-state index contributed by atoms with van der Waals surface area (Å²) in [5.74, 6) is 0.981. The van der Waals surface area contributed by atoms with Crippen molar-refractivity contribution in [2.45, 2.75) is 12.2 Å². The molecule has 0 aliphatic carbocycles. The molecule has 4 nitrogen and oxygen atoms in total. The van der Waals surface area contributed by atoms with E-state index in [0.717, 1.165) is 18.8 Å². The first kappa shape index (κ1) is 11.3. The first-order chi connectivity index (χ1) is 7.66. The smallest absolute Gasteiger partial charge is 0.272 e. The lowest BCUT2D eigenvalue weighted by Gasteiger charge is -2.30. The Bertz CT molecular complexity index is 397. The normalized spacial score (nSPS) is 20.8. The van der Waals surface area contributed by atoms with Crippen LogP contribution in [0.1, 0.15) is 17.4 Å². The van der Waals surface area contributed by atoms with Gasteiger partial charge in [-0.15, -0.1) is 0 Å². The molecule has 1 saturated heterocycles. The van der Waals surface area contributed by atoms with Crippen molar-refractivity contribution in [2.24, 2.45) is 0 Å². The van der Waals surface area contributed by atoms with Gasteiger partial charge in [0.2, 0.25) is 0 Å². The van der Waals surface area contributed by atoms with E-state index in [0.29, 0.717) is 16.6 Å². The number of thioether (sulfide) groups is 1. The fraction of sp³-hybridized carbons (Fsp3) is 0.455. The number of carbonyl (C=O) groups excluding carboxylic acids is 1. The molecule has 2 N–H and O–H groups in total. The Morgan fingerprint density at radius 1 is 1.69 bits per heavy atom. The van der Waals surface area contributed by atoms with Crippen molar-refractivity contribution in [3.05, 3.63) is 24.0 Å². The third-order valence-electron chi connectivity index (χ3n) is 2.53. The van der Waals surface area contributed by atoms with E-state index in [1.54, 1.807) is 18.3 Å². The maximum atomic E-state index is 12.1. The molecule has 5 heteroatoms. The molecule has 0 aromatic carbocycles. The molecule has 1 aliphatic heterocycles. The SMILES string of the molecule is CC1CN(C(=O)c2cc(N)ccn2)CCS1. The van der Waals surface area contributed by atoms with Crippen molar-refractivity contribution in [3.63, 3.8) is 0 Å². The number of amides is 1. The van der Waals surface area contributed by atoms with Crippen LogP contribution in [0.5, 0.6) is 0 Å². The highest BCUT2D eigenvalue weighted by molar-refractivity contribution is 7.99. The molecule has 1 atom stereocenters. The molecule has 2 heterocycles. The molecule has 0 bridgehead atoms. The average Bonchev–Trinajstić information content (AvgIpc) is 2.28. The van der Waals surface area contributed by atoms with Gasteiger partial charge in [-0.25, -0.2) is 0 Å². The van der Waals surface area contributed by atoms with E-state index in [4.69, 9.17) is 5.73 Å². The number of nitrogens with two attached hydrogens (primary N) is 1. The molecular formula is C11H15N3OS. The molecule has 86 valence electrons. The number of nitrogen functional groups attached to an aromatic ring is 1. The zero-order valence-electron chi connectivity index (χ0n) is 9.22. The van der Waals surface area contributed by atoms with Gasteiger partial charge in [0.15, 0.2) is 0 Å². The lowest BCUT2D eigenvalue weighted by Crippen LogP contribution is -2.41. The van der Waals surface area contributed by atoms with Crippen molar-refractivity contribution in [1.29, 1.82) is 0 Å². The lowest BCUT2D eigenvalue weighted by atomic mass is 10.2. The van der Waals surface area contributed by atoms with Crippen LogP contribution in [0.15, 0.2) is 18.3 Å². The summed E-state index contributed by atoms with van der Waals surface area (Å²) in [4.78, 5) is 18.0. The van der Waals surface area contributed by atoms with Crippen molar-refractivity contribution in [3.8, 4) is 0 Å². The van der Waals surface area contributed by atoms with Gasteiger partial charge in [-0.3, -0.25) is 9.78 Å². The number of rotatable bonds is 1. The van der Waals surface area contributed by atoms with E-state index in [9.17, 15) is 4.79 Å². The lowest BCUT2D eigenvalue weighted by molar-refractivity contribution is 0.0757. The predicted octanol–water partition coefficient (Wildman–Crippen LogP) is 1.24. The quantitative estimate of drug-likeness (QED) is 0.798. The molecule has 0 spiro atoms. The largest absolute Gasteiger partial charge is 0.399 e. The molecule has 2 rings (SSSR count). The number of carbonyl (C=O) groups is 1. The summed E-state index contributed by atoms with van der Waals surface area (Å²) in [6.07, 6.45) is 1.57. The summed E-state index contributed by atoms with van der Waals surface area (Å²) in [5.41, 5.74) is 6.66. The van der Waals surface area contributed by atoms with E-state index in [1.165, 1.54) is 0 Å². The number of nitrogens with zero attached hydrogens (tertiary/aromatic N) is 2. The van der Waals surface area contributed by atoms with E-state index in [2.05, 4.69) is 11.9 Å². The Balaban J connectivity index is 2.12. The topological polar surface area (TPSA) is 59.2 Å². The van der Waals surface area contributed by atoms with Crippen molar-refractivity contribution in [2.75, 3.05) is 24.6 Å². The minimum atomic E-state index is -0.0144. The molecule has 0 saturated carbocycles. The first-order valence-electron chi connectivity index (χ1n) is 5.29. The number of aromatic nitrogens is 1. The van der Waals surface area contributed by atoms with Crippen molar-refractivity contribution in [1.82, 2.24) is 9.88 Å². The zero-order chi connectivity index (χ0) is 11.5. The summed E-state index contributed by atoms with van der Waals surface area (Å²) in [7, 11) is 0. The fourth-order valence-corrected chi connectivity index (χ4v) is 2.74. The second-order valence-electron chi connectivity index (χ2n) is 3.91. The van der Waals surface area contributed by atoms with Crippen LogP contribution in [0.25, 0.3) is 0 Å². The van der Waals surface area contributed by atoms with Crippen LogP contribution in [0.3, 0.4) is 0 Å². The molecule has 1 aromatic heterocycles. The molecule has 16 heavy (non-hydrogen) atoms. The highest BCUT2D eigenvalue weighted by atomic mass is 32.2. The fourth-order valence-electron chi connectivity index (χ4n) is 1.73. The summed E-state index contributed by atoms with van der Waals surface area (Å²) in [6.45, 7) is 3.72. The Morgan fingerprint density at radius 2 is 2.50 bits per heavy atom. The summed E-state index contributed by atoms with van der Waals surface area (Å²) < 4.78 is 0. The van der Waals surface area contributed by atoms with E-state index < -0.39 is 0 Å². The molecule has 0 radical (unpaired) electrons. The van der Waals surface area contributed by atoms with E-state index >= 15 is 0 Å². The van der Waals surface area contributed by atoms with Gasteiger partial charge in [0.25, 0.3) is 5.91 Å². The summed E-state index contributed by atoms with van der Waals surface area (Å²) in [5, 5.41) is 0.499. The highest BCUT2D eigenvalue weighted by Gasteiger charge is 2.23. The van der Waals surface area contributed by atoms with Crippen LogP contribution in [0.4, 0.5) is 5.69 Å². The molecule has 1 aliphatic rings. The van der Waals surface area contributed by atoms with Crippen LogP contribution < -0.4 is 5.73 Å². The van der Waals surface area contributed by atoms with Gasteiger partial charge in [0, 0.05) is 36.0 Å². The Hall–Kier alpha value is -1.23. The number of hydrogen-bond donors (Lipinski definition) is 1. The van der Waals surface area contributed by atoms with Crippen molar-refractivity contribution >= 4 is 23.4 Å². The minimum Gasteiger partial charge on any atom is -0.399 e. The molecule has 1 amide bonds. The average molecular weight is 237 g/mol. The Labute approximate surface area is 99.2 Å². The van der Waals surface area contributed by atoms with E-state index in [-0.39, 0.29) is 5.91 Å². The van der Waals surface area contributed by atoms with Gasteiger partial charge in [0.1, 0.15) is 5.69 Å². The number of anilines is 1. The second-order valence-corrected chi connectivity index (χ2v) is 5.45. The first-order valence-corrected chi connectivity index (χ1v) is 6.34. The Morgan fingerprint density at radius 3 is 3.19 bits per heavy atom. The monoisotopic (exact) mass is 237 g/mol. The van der Waals surface area contributed by atoms with E-state index in [1.807, 2.05) is 16.7 Å². The van der Waals surface area contributed by atoms with Crippen LogP contribution in [-0.4, -0.2) is 39.9 Å². The van der Waals surface area contributed by atoms with Crippen molar-refractivity contribution < 1.29 is 4.79 Å². The van der Waals surface area contributed by atoms with Crippen LogP contribution >= 0.6 is 11.8 Å². The summed E-state index contributed by atoms with van der Waals surface area (Å²) in [6, 6.07) is 3.32. The minimum absolute atomic E-state index is 0.0144.